The molecule has 1 heterocycles. The van der Waals surface area contributed by atoms with E-state index in [0.717, 1.165) is 42.3 Å². The molecule has 0 spiro atoms. The summed E-state index contributed by atoms with van der Waals surface area (Å²) in [5.74, 6) is 2.87. The van der Waals surface area contributed by atoms with E-state index in [2.05, 4.69) is 17.3 Å². The van der Waals surface area contributed by atoms with Crippen LogP contribution in [0.1, 0.15) is 29.2 Å². The van der Waals surface area contributed by atoms with E-state index in [-0.39, 0.29) is 0 Å². The van der Waals surface area contributed by atoms with Crippen LogP contribution in [0.5, 0.6) is 11.5 Å². The van der Waals surface area contributed by atoms with Gasteiger partial charge in [-0.1, -0.05) is 11.2 Å². The minimum atomic E-state index is 0.437. The SMILES string of the molecule is COc1ccc(C2CCc3c(noc3N(C)C)C2)cc1OC. The fourth-order valence-electron chi connectivity index (χ4n) is 3.14. The quantitative estimate of drug-likeness (QED) is 0.869. The van der Waals surface area contributed by atoms with E-state index in [4.69, 9.17) is 14.0 Å². The van der Waals surface area contributed by atoms with Crippen molar-refractivity contribution in [3.63, 3.8) is 0 Å². The molecular weight excluding hydrogens is 280 g/mol. The fraction of sp³-hybridized carbons (Fsp3) is 0.471. The monoisotopic (exact) mass is 302 g/mol. The molecule has 2 aromatic rings. The predicted octanol–water partition coefficient (Wildman–Crippen LogP) is 3.03. The summed E-state index contributed by atoms with van der Waals surface area (Å²) in [6.07, 6.45) is 2.98. The molecule has 1 unspecified atom stereocenters. The van der Waals surface area contributed by atoms with Crippen molar-refractivity contribution in [2.75, 3.05) is 33.2 Å². The molecule has 0 bridgehead atoms. The number of ether oxygens (including phenoxy) is 2. The first-order chi connectivity index (χ1) is 10.6. The Labute approximate surface area is 130 Å². The summed E-state index contributed by atoms with van der Waals surface area (Å²) in [4.78, 5) is 1.99. The van der Waals surface area contributed by atoms with Gasteiger partial charge in [0.05, 0.1) is 19.9 Å². The number of fused-ring (bicyclic) bond motifs is 1. The Balaban J connectivity index is 1.85. The van der Waals surface area contributed by atoms with Crippen LogP contribution in [-0.4, -0.2) is 33.5 Å². The molecule has 118 valence electrons. The summed E-state index contributed by atoms with van der Waals surface area (Å²) in [5, 5.41) is 4.26. The van der Waals surface area contributed by atoms with Crippen LogP contribution >= 0.6 is 0 Å². The lowest BCUT2D eigenvalue weighted by atomic mass is 9.83. The van der Waals surface area contributed by atoms with Gasteiger partial charge in [0.15, 0.2) is 11.5 Å². The minimum absolute atomic E-state index is 0.437. The topological polar surface area (TPSA) is 47.7 Å². The largest absolute Gasteiger partial charge is 0.493 e. The van der Waals surface area contributed by atoms with Gasteiger partial charge in [0.1, 0.15) is 0 Å². The zero-order valence-electron chi connectivity index (χ0n) is 13.5. The molecule has 1 aromatic heterocycles. The molecule has 5 heteroatoms. The fourth-order valence-corrected chi connectivity index (χ4v) is 3.14. The van der Waals surface area contributed by atoms with Crippen LogP contribution in [0, 0.1) is 0 Å². The van der Waals surface area contributed by atoms with Gasteiger partial charge < -0.3 is 18.9 Å². The molecule has 0 saturated heterocycles. The average Bonchev–Trinajstić information content (AvgIpc) is 2.97. The number of hydrogen-bond acceptors (Lipinski definition) is 5. The van der Waals surface area contributed by atoms with Crippen LogP contribution in [-0.2, 0) is 12.8 Å². The Bertz CT molecular complexity index is 664. The van der Waals surface area contributed by atoms with Gasteiger partial charge in [0.25, 0.3) is 0 Å². The van der Waals surface area contributed by atoms with Crippen LogP contribution in [0.15, 0.2) is 22.7 Å². The Morgan fingerprint density at radius 2 is 1.95 bits per heavy atom. The van der Waals surface area contributed by atoms with Crippen molar-refractivity contribution in [2.24, 2.45) is 0 Å². The van der Waals surface area contributed by atoms with Crippen LogP contribution in [0.3, 0.4) is 0 Å². The van der Waals surface area contributed by atoms with E-state index in [1.54, 1.807) is 14.2 Å². The van der Waals surface area contributed by atoms with Gasteiger partial charge >= 0.3 is 0 Å². The van der Waals surface area contributed by atoms with Gasteiger partial charge in [0.2, 0.25) is 5.88 Å². The molecule has 1 aromatic carbocycles. The highest BCUT2D eigenvalue weighted by Crippen LogP contribution is 2.39. The van der Waals surface area contributed by atoms with E-state index in [9.17, 15) is 0 Å². The molecule has 0 radical (unpaired) electrons. The smallest absolute Gasteiger partial charge is 0.230 e. The molecule has 0 N–H and O–H groups in total. The Morgan fingerprint density at radius 3 is 2.64 bits per heavy atom. The zero-order chi connectivity index (χ0) is 15.7. The van der Waals surface area contributed by atoms with E-state index in [1.807, 2.05) is 25.1 Å². The molecule has 5 nitrogen and oxygen atoms in total. The third kappa shape index (κ3) is 2.51. The lowest BCUT2D eigenvalue weighted by Gasteiger charge is -2.23. The second kappa shape index (κ2) is 5.91. The lowest BCUT2D eigenvalue weighted by molar-refractivity contribution is 0.354. The Hall–Kier alpha value is -2.17. The molecular formula is C17H22N2O3. The number of anilines is 1. The summed E-state index contributed by atoms with van der Waals surface area (Å²) in [6, 6.07) is 6.16. The normalized spacial score (nSPS) is 17.0. The van der Waals surface area contributed by atoms with Crippen molar-refractivity contribution in [2.45, 2.75) is 25.2 Å². The van der Waals surface area contributed by atoms with Gasteiger partial charge in [-0.25, -0.2) is 0 Å². The molecule has 1 atom stereocenters. The maximum Gasteiger partial charge on any atom is 0.230 e. The van der Waals surface area contributed by atoms with Gasteiger partial charge in [-0.2, -0.15) is 0 Å². The van der Waals surface area contributed by atoms with E-state index < -0.39 is 0 Å². The second-order valence-corrected chi connectivity index (χ2v) is 5.86. The van der Waals surface area contributed by atoms with Crippen LogP contribution in [0.2, 0.25) is 0 Å². The summed E-state index contributed by atoms with van der Waals surface area (Å²) in [5.41, 5.74) is 3.59. The Morgan fingerprint density at radius 1 is 1.18 bits per heavy atom. The first-order valence-corrected chi connectivity index (χ1v) is 7.50. The molecule has 1 aliphatic carbocycles. The molecule has 1 aliphatic rings. The number of benzene rings is 1. The maximum atomic E-state index is 5.48. The Kier molecular flexibility index (Phi) is 3.96. The first kappa shape index (κ1) is 14.8. The zero-order valence-corrected chi connectivity index (χ0v) is 13.5. The second-order valence-electron chi connectivity index (χ2n) is 5.86. The third-order valence-electron chi connectivity index (χ3n) is 4.32. The van der Waals surface area contributed by atoms with Crippen molar-refractivity contribution in [1.29, 1.82) is 0 Å². The van der Waals surface area contributed by atoms with Crippen LogP contribution in [0.4, 0.5) is 5.88 Å². The summed E-state index contributed by atoms with van der Waals surface area (Å²) in [6.45, 7) is 0. The van der Waals surface area contributed by atoms with Gasteiger partial charge in [-0.3, -0.25) is 0 Å². The van der Waals surface area contributed by atoms with Crippen molar-refractivity contribution < 1.29 is 14.0 Å². The highest BCUT2D eigenvalue weighted by molar-refractivity contribution is 5.48. The maximum absolute atomic E-state index is 5.48. The summed E-state index contributed by atoms with van der Waals surface area (Å²) < 4.78 is 16.2. The van der Waals surface area contributed by atoms with Crippen molar-refractivity contribution in [3.8, 4) is 11.5 Å². The van der Waals surface area contributed by atoms with Crippen molar-refractivity contribution in [1.82, 2.24) is 5.16 Å². The highest BCUT2D eigenvalue weighted by atomic mass is 16.5. The van der Waals surface area contributed by atoms with Gasteiger partial charge in [-0.05, 0) is 36.5 Å². The molecule has 0 amide bonds. The highest BCUT2D eigenvalue weighted by Gasteiger charge is 2.27. The molecule has 0 fully saturated rings. The van der Waals surface area contributed by atoms with Crippen LogP contribution < -0.4 is 14.4 Å². The van der Waals surface area contributed by atoms with E-state index in [1.165, 1.54) is 11.1 Å². The average molecular weight is 302 g/mol. The lowest BCUT2D eigenvalue weighted by Crippen LogP contribution is -2.15. The van der Waals surface area contributed by atoms with Crippen molar-refractivity contribution >= 4 is 5.88 Å². The minimum Gasteiger partial charge on any atom is -0.493 e. The van der Waals surface area contributed by atoms with E-state index >= 15 is 0 Å². The molecule has 3 rings (SSSR count). The first-order valence-electron chi connectivity index (χ1n) is 7.50. The standard InChI is InChI=1S/C17H22N2O3/c1-19(2)17-13-7-5-11(9-14(13)18-22-17)12-6-8-15(20-3)16(10-12)21-4/h6,8,10-11H,5,7,9H2,1-4H3. The summed E-state index contributed by atoms with van der Waals surface area (Å²) >= 11 is 0. The van der Waals surface area contributed by atoms with Crippen molar-refractivity contribution in [3.05, 3.63) is 35.0 Å². The van der Waals surface area contributed by atoms with E-state index in [0.29, 0.717) is 5.92 Å². The predicted molar refractivity (Wildman–Crippen MR) is 85.1 cm³/mol. The molecule has 0 aliphatic heterocycles. The number of nitrogens with zero attached hydrogens (tertiary/aromatic N) is 2. The molecule has 0 saturated carbocycles. The number of rotatable bonds is 4. The third-order valence-corrected chi connectivity index (χ3v) is 4.32. The summed E-state index contributed by atoms with van der Waals surface area (Å²) in [7, 11) is 7.30. The number of methoxy groups -OCH3 is 2. The van der Waals surface area contributed by atoms with Gasteiger partial charge in [0, 0.05) is 26.1 Å². The van der Waals surface area contributed by atoms with Gasteiger partial charge in [-0.15, -0.1) is 0 Å². The molecule has 22 heavy (non-hydrogen) atoms. The number of hydrogen-bond donors (Lipinski definition) is 0. The number of aromatic nitrogens is 1. The van der Waals surface area contributed by atoms with Crippen LogP contribution in [0.25, 0.3) is 0 Å².